The summed E-state index contributed by atoms with van der Waals surface area (Å²) in [7, 11) is 0.223. The largest absolute Gasteiger partial charge is 0.101 e. The molecule has 0 aromatic carbocycles. The molecule has 0 unspecified atom stereocenters. The van der Waals surface area contributed by atoms with Gasteiger partial charge in [-0.2, -0.15) is 0 Å². The van der Waals surface area contributed by atoms with Crippen molar-refractivity contribution < 1.29 is 0 Å². The van der Waals surface area contributed by atoms with Gasteiger partial charge in [-0.05, 0) is 30.3 Å². The summed E-state index contributed by atoms with van der Waals surface area (Å²) in [4.78, 5) is 0. The first-order valence-electron chi connectivity index (χ1n) is 15.8. The van der Waals surface area contributed by atoms with Crippen LogP contribution in [0, 0.1) is 0 Å². The summed E-state index contributed by atoms with van der Waals surface area (Å²) < 4.78 is 0. The van der Waals surface area contributed by atoms with Crippen LogP contribution >= 0.6 is 7.92 Å². The summed E-state index contributed by atoms with van der Waals surface area (Å²) in [5, 5.41) is 0.560. The van der Waals surface area contributed by atoms with E-state index in [0.29, 0.717) is 5.16 Å². The van der Waals surface area contributed by atoms with Crippen LogP contribution in [0.4, 0.5) is 0 Å². The lowest BCUT2D eigenvalue weighted by Gasteiger charge is -2.32. The molecular formula is C32H67BP. The summed E-state index contributed by atoms with van der Waals surface area (Å²) in [5.41, 5.74) is 0. The minimum absolute atomic E-state index is 0. The molecule has 203 valence electrons. The van der Waals surface area contributed by atoms with Gasteiger partial charge in [-0.15, -0.1) is 7.92 Å². The van der Waals surface area contributed by atoms with Gasteiger partial charge in [-0.25, -0.2) is 0 Å². The predicted octanol–water partition coefficient (Wildman–Crippen LogP) is 12.3. The van der Waals surface area contributed by atoms with Crippen LogP contribution in [0.2, 0.25) is 0 Å². The van der Waals surface area contributed by atoms with Gasteiger partial charge in [0, 0.05) is 8.41 Å². The Morgan fingerprint density at radius 3 is 0.765 bits per heavy atom. The summed E-state index contributed by atoms with van der Waals surface area (Å²) >= 11 is 0. The van der Waals surface area contributed by atoms with Crippen molar-refractivity contribution in [3.8, 4) is 0 Å². The first-order valence-corrected chi connectivity index (χ1v) is 17.5. The Morgan fingerprint density at radius 2 is 0.559 bits per heavy atom. The second kappa shape index (κ2) is 28.1. The van der Waals surface area contributed by atoms with Gasteiger partial charge in [0.25, 0.3) is 0 Å². The molecule has 0 fully saturated rings. The van der Waals surface area contributed by atoms with Crippen LogP contribution in [-0.2, 0) is 0 Å². The van der Waals surface area contributed by atoms with Crippen molar-refractivity contribution in [2.24, 2.45) is 0 Å². The Labute approximate surface area is 222 Å². The smallest absolute Gasteiger partial charge is 0 e. The Morgan fingerprint density at radius 1 is 0.353 bits per heavy atom. The van der Waals surface area contributed by atoms with E-state index in [4.69, 9.17) is 0 Å². The Hall–Kier alpha value is 0.495. The monoisotopic (exact) mass is 494 g/mol. The van der Waals surface area contributed by atoms with Gasteiger partial charge in [-0.3, -0.25) is 0 Å². The van der Waals surface area contributed by atoms with Gasteiger partial charge < -0.3 is 0 Å². The second-order valence-corrected chi connectivity index (χ2v) is 15.3. The fourth-order valence-electron chi connectivity index (χ4n) is 5.07. The van der Waals surface area contributed by atoms with Crippen LogP contribution in [0.25, 0.3) is 0 Å². The maximum absolute atomic E-state index is 2.51. The molecule has 0 nitrogen and oxygen atoms in total. The van der Waals surface area contributed by atoms with Gasteiger partial charge in [0.15, 0.2) is 0 Å². The summed E-state index contributed by atoms with van der Waals surface area (Å²) in [6.07, 6.45) is 38.4. The van der Waals surface area contributed by atoms with Crippen molar-refractivity contribution in [1.82, 2.24) is 0 Å². The Kier molecular flexibility index (Phi) is 30.3. The van der Waals surface area contributed by atoms with Gasteiger partial charge >= 0.3 is 0 Å². The van der Waals surface area contributed by atoms with Gasteiger partial charge in [0.05, 0.1) is 0 Å². The number of rotatable bonds is 26. The number of hydrogen-bond acceptors (Lipinski definition) is 0. The minimum atomic E-state index is 0. The zero-order valence-corrected chi connectivity index (χ0v) is 25.8. The predicted molar refractivity (Wildman–Crippen MR) is 164 cm³/mol. The molecule has 0 saturated heterocycles. The normalized spacial score (nSPS) is 11.8. The van der Waals surface area contributed by atoms with Crippen molar-refractivity contribution in [3.63, 3.8) is 0 Å². The maximum atomic E-state index is 2.51. The molecule has 0 spiro atoms. The quantitative estimate of drug-likeness (QED) is 0.0638. The highest BCUT2D eigenvalue weighted by Gasteiger charge is 2.22. The van der Waals surface area contributed by atoms with E-state index in [-0.39, 0.29) is 16.3 Å². The third-order valence-electron chi connectivity index (χ3n) is 7.51. The van der Waals surface area contributed by atoms with Crippen molar-refractivity contribution in [1.29, 1.82) is 0 Å². The van der Waals surface area contributed by atoms with E-state index in [1.54, 1.807) is 0 Å². The molecule has 2 heteroatoms. The molecule has 0 N–H and O–H groups in total. The lowest BCUT2D eigenvalue weighted by molar-refractivity contribution is 0.547. The summed E-state index contributed by atoms with van der Waals surface area (Å²) in [6, 6.07) is 0. The van der Waals surface area contributed by atoms with Crippen LogP contribution < -0.4 is 0 Å². The van der Waals surface area contributed by atoms with Gasteiger partial charge in [0.1, 0.15) is 0 Å². The summed E-state index contributed by atoms with van der Waals surface area (Å²) in [5.74, 6) is 0. The third-order valence-corrected chi connectivity index (χ3v) is 11.1. The third kappa shape index (κ3) is 27.1. The molecule has 0 atom stereocenters. The summed E-state index contributed by atoms with van der Waals surface area (Å²) in [6.45, 7) is 12.2. The zero-order valence-electron chi connectivity index (χ0n) is 24.9. The molecule has 0 aliphatic carbocycles. The highest BCUT2D eigenvalue weighted by molar-refractivity contribution is 7.59. The zero-order chi connectivity index (χ0) is 24.5. The van der Waals surface area contributed by atoms with E-state index >= 15 is 0 Å². The standard InChI is InChI=1S/C32H67P.B/c1-6-8-10-12-14-16-18-20-22-24-26-28-30-33(32(3,4)5)31-29-27-25-23-21-19-17-15-13-11-9-7-2;/h6-31H2,1-5H3;. The Balaban J connectivity index is 0. The molecule has 0 aromatic heterocycles. The van der Waals surface area contributed by atoms with Crippen molar-refractivity contribution in [3.05, 3.63) is 0 Å². The highest BCUT2D eigenvalue weighted by atomic mass is 31.1. The van der Waals surface area contributed by atoms with E-state index in [1.165, 1.54) is 166 Å². The molecule has 0 bridgehead atoms. The van der Waals surface area contributed by atoms with Crippen LogP contribution in [0.5, 0.6) is 0 Å². The molecule has 0 aliphatic heterocycles. The molecule has 0 saturated carbocycles. The lowest BCUT2D eigenvalue weighted by atomic mass is 10.1. The maximum Gasteiger partial charge on any atom is 0 e. The first kappa shape index (κ1) is 36.7. The van der Waals surface area contributed by atoms with Gasteiger partial charge in [-0.1, -0.05) is 176 Å². The molecule has 3 radical (unpaired) electrons. The van der Waals surface area contributed by atoms with Crippen LogP contribution in [-0.4, -0.2) is 25.9 Å². The molecule has 0 aliphatic rings. The van der Waals surface area contributed by atoms with E-state index in [2.05, 4.69) is 34.6 Å². The Bertz CT molecular complexity index is 335. The topological polar surface area (TPSA) is 0 Å². The molecule has 0 rings (SSSR count). The minimum Gasteiger partial charge on any atom is -0.101 e. The SMILES string of the molecule is CCCCCCCCCCCCCCP(CCCCCCCCCCCCCC)C(C)(C)C.[B]. The average molecular weight is 494 g/mol. The molecule has 0 aromatic rings. The van der Waals surface area contributed by atoms with Gasteiger partial charge in [0.2, 0.25) is 0 Å². The van der Waals surface area contributed by atoms with E-state index < -0.39 is 0 Å². The van der Waals surface area contributed by atoms with E-state index in [1.807, 2.05) is 0 Å². The number of hydrogen-bond donors (Lipinski definition) is 0. The van der Waals surface area contributed by atoms with Crippen molar-refractivity contribution in [2.45, 2.75) is 194 Å². The lowest BCUT2D eigenvalue weighted by Crippen LogP contribution is -2.15. The van der Waals surface area contributed by atoms with Crippen LogP contribution in [0.15, 0.2) is 0 Å². The highest BCUT2D eigenvalue weighted by Crippen LogP contribution is 2.50. The van der Waals surface area contributed by atoms with Crippen LogP contribution in [0.1, 0.15) is 189 Å². The fourth-order valence-corrected chi connectivity index (χ4v) is 7.85. The second-order valence-electron chi connectivity index (χ2n) is 11.9. The van der Waals surface area contributed by atoms with Crippen LogP contribution in [0.3, 0.4) is 0 Å². The fraction of sp³-hybridized carbons (Fsp3) is 1.00. The van der Waals surface area contributed by atoms with E-state index in [0.717, 1.165) is 0 Å². The molecular weight excluding hydrogens is 426 g/mol. The number of unbranched alkanes of at least 4 members (excludes halogenated alkanes) is 22. The van der Waals surface area contributed by atoms with Crippen molar-refractivity contribution >= 4 is 16.3 Å². The molecule has 34 heavy (non-hydrogen) atoms. The van der Waals surface area contributed by atoms with E-state index in [9.17, 15) is 0 Å². The molecule has 0 heterocycles. The van der Waals surface area contributed by atoms with Crippen molar-refractivity contribution in [2.75, 3.05) is 12.3 Å². The average Bonchev–Trinajstić information content (AvgIpc) is 2.78. The first-order chi connectivity index (χ1) is 16.0. The molecule has 0 amide bonds.